The summed E-state index contributed by atoms with van der Waals surface area (Å²) in [6, 6.07) is 10.1. The number of hydrogen-bond donors (Lipinski definition) is 1. The van der Waals surface area contributed by atoms with Crippen molar-refractivity contribution in [1.82, 2.24) is 4.98 Å². The first-order chi connectivity index (χ1) is 9.11. The molecule has 0 fully saturated rings. The fourth-order valence-corrected chi connectivity index (χ4v) is 1.62. The lowest BCUT2D eigenvalue weighted by atomic mass is 10.2. The van der Waals surface area contributed by atoms with Gasteiger partial charge >= 0.3 is 0 Å². The maximum absolute atomic E-state index is 10.9. The quantitative estimate of drug-likeness (QED) is 0.671. The largest absolute Gasteiger partial charge is 0.339 e. The molecule has 0 bridgehead atoms. The number of anilines is 2. The zero-order chi connectivity index (χ0) is 13.8. The number of nitrogens with one attached hydrogen (secondary N) is 1. The van der Waals surface area contributed by atoms with Crippen molar-refractivity contribution in [3.05, 3.63) is 57.8 Å². The predicted molar refractivity (Wildman–Crippen MR) is 70.1 cm³/mol. The van der Waals surface area contributed by atoms with Crippen molar-refractivity contribution < 1.29 is 4.92 Å². The molecule has 1 aromatic carbocycles. The van der Waals surface area contributed by atoms with E-state index in [2.05, 4.69) is 10.3 Å². The lowest BCUT2D eigenvalue weighted by Gasteiger charge is -2.07. The summed E-state index contributed by atoms with van der Waals surface area (Å²) in [5, 5.41) is 22.7. The van der Waals surface area contributed by atoms with Crippen LogP contribution >= 0.6 is 0 Å². The third-order valence-electron chi connectivity index (χ3n) is 2.60. The van der Waals surface area contributed by atoms with E-state index in [1.807, 2.05) is 6.07 Å². The van der Waals surface area contributed by atoms with E-state index >= 15 is 0 Å². The first kappa shape index (κ1) is 12.5. The second-order valence-electron chi connectivity index (χ2n) is 3.89. The Kier molecular flexibility index (Phi) is 3.39. The topological polar surface area (TPSA) is 91.8 Å². The third-order valence-corrected chi connectivity index (χ3v) is 2.60. The molecule has 94 valence electrons. The summed E-state index contributed by atoms with van der Waals surface area (Å²) in [5.41, 5.74) is 1.51. The van der Waals surface area contributed by atoms with Crippen LogP contribution in [0.2, 0.25) is 0 Å². The average Bonchev–Trinajstić information content (AvgIpc) is 2.41. The summed E-state index contributed by atoms with van der Waals surface area (Å²) < 4.78 is 0. The highest BCUT2D eigenvalue weighted by molar-refractivity contribution is 5.65. The summed E-state index contributed by atoms with van der Waals surface area (Å²) in [7, 11) is 0. The van der Waals surface area contributed by atoms with E-state index < -0.39 is 4.92 Å². The molecule has 0 unspecified atom stereocenters. The van der Waals surface area contributed by atoms with Gasteiger partial charge in [-0.25, -0.2) is 4.98 Å². The number of nitriles is 1. The maximum atomic E-state index is 10.9. The smallest absolute Gasteiger partial charge is 0.274 e. The van der Waals surface area contributed by atoms with Crippen LogP contribution in [0.15, 0.2) is 36.5 Å². The Morgan fingerprint density at radius 3 is 2.89 bits per heavy atom. The number of benzene rings is 1. The molecule has 2 rings (SSSR count). The minimum Gasteiger partial charge on any atom is -0.339 e. The number of nitro groups is 1. The van der Waals surface area contributed by atoms with Gasteiger partial charge in [-0.15, -0.1) is 0 Å². The van der Waals surface area contributed by atoms with Gasteiger partial charge in [0.2, 0.25) is 0 Å². The van der Waals surface area contributed by atoms with Crippen molar-refractivity contribution in [2.45, 2.75) is 6.92 Å². The van der Waals surface area contributed by atoms with Gasteiger partial charge in [0.25, 0.3) is 5.69 Å². The molecule has 19 heavy (non-hydrogen) atoms. The van der Waals surface area contributed by atoms with Crippen molar-refractivity contribution in [3.63, 3.8) is 0 Å². The van der Waals surface area contributed by atoms with Gasteiger partial charge in [-0.3, -0.25) is 10.1 Å². The molecule has 1 heterocycles. The fourth-order valence-electron chi connectivity index (χ4n) is 1.62. The van der Waals surface area contributed by atoms with Crippen LogP contribution in [0.5, 0.6) is 0 Å². The minimum atomic E-state index is -0.440. The van der Waals surface area contributed by atoms with Gasteiger partial charge in [0, 0.05) is 23.5 Å². The van der Waals surface area contributed by atoms with Gasteiger partial charge in [-0.2, -0.15) is 5.26 Å². The molecular weight excluding hydrogens is 244 g/mol. The first-order valence-corrected chi connectivity index (χ1v) is 5.49. The molecule has 0 saturated carbocycles. The number of hydrogen-bond acceptors (Lipinski definition) is 5. The zero-order valence-electron chi connectivity index (χ0n) is 10.1. The summed E-state index contributed by atoms with van der Waals surface area (Å²) in [6.07, 6.45) is 1.55. The summed E-state index contributed by atoms with van der Waals surface area (Å²) in [6.45, 7) is 1.67. The van der Waals surface area contributed by atoms with Gasteiger partial charge in [0.05, 0.1) is 10.5 Å². The predicted octanol–water partition coefficient (Wildman–Crippen LogP) is 2.91. The van der Waals surface area contributed by atoms with E-state index in [1.54, 1.807) is 37.4 Å². The molecule has 0 amide bonds. The molecule has 0 aliphatic rings. The molecule has 6 heteroatoms. The highest BCUT2D eigenvalue weighted by atomic mass is 16.6. The van der Waals surface area contributed by atoms with Crippen molar-refractivity contribution in [2.75, 3.05) is 5.32 Å². The third kappa shape index (κ3) is 2.66. The molecule has 0 radical (unpaired) electrons. The van der Waals surface area contributed by atoms with Crippen LogP contribution in [0.1, 0.15) is 11.1 Å². The molecule has 6 nitrogen and oxygen atoms in total. The summed E-state index contributed by atoms with van der Waals surface area (Å²) >= 11 is 0. The monoisotopic (exact) mass is 254 g/mol. The van der Waals surface area contributed by atoms with E-state index in [9.17, 15) is 10.1 Å². The lowest BCUT2D eigenvalue weighted by molar-refractivity contribution is -0.385. The second kappa shape index (κ2) is 5.14. The van der Waals surface area contributed by atoms with E-state index in [1.165, 1.54) is 6.07 Å². The van der Waals surface area contributed by atoms with Crippen LogP contribution in [0.3, 0.4) is 0 Å². The average molecular weight is 254 g/mol. The van der Waals surface area contributed by atoms with Crippen molar-refractivity contribution in [3.8, 4) is 6.07 Å². The SMILES string of the molecule is Cc1ccc(Nc2ncccc2C#N)cc1[N+](=O)[O-]. The second-order valence-corrected chi connectivity index (χ2v) is 3.89. The Bertz CT molecular complexity index is 677. The van der Waals surface area contributed by atoms with Crippen LogP contribution in [-0.4, -0.2) is 9.91 Å². The van der Waals surface area contributed by atoms with Crippen LogP contribution < -0.4 is 5.32 Å². The minimum absolute atomic E-state index is 0.0273. The van der Waals surface area contributed by atoms with Gasteiger partial charge in [-0.05, 0) is 25.1 Å². The Labute approximate surface area is 109 Å². The van der Waals surface area contributed by atoms with E-state index in [0.717, 1.165) is 0 Å². The number of nitrogens with zero attached hydrogens (tertiary/aromatic N) is 3. The van der Waals surface area contributed by atoms with E-state index in [4.69, 9.17) is 5.26 Å². The molecule has 0 aliphatic carbocycles. The van der Waals surface area contributed by atoms with Crippen molar-refractivity contribution in [1.29, 1.82) is 5.26 Å². The molecule has 0 saturated heterocycles. The number of nitro benzene ring substituents is 1. The van der Waals surface area contributed by atoms with Crippen molar-refractivity contribution >= 4 is 17.2 Å². The van der Waals surface area contributed by atoms with Gasteiger partial charge in [0.15, 0.2) is 0 Å². The Balaban J connectivity index is 2.37. The molecule has 1 N–H and O–H groups in total. The Hall–Kier alpha value is -2.94. The Morgan fingerprint density at radius 1 is 1.42 bits per heavy atom. The number of rotatable bonds is 3. The molecule has 1 aromatic heterocycles. The number of aromatic nitrogens is 1. The highest BCUT2D eigenvalue weighted by Crippen LogP contribution is 2.25. The standard InChI is InChI=1S/C13H10N4O2/c1-9-4-5-11(7-12(9)17(18)19)16-13-10(8-14)3-2-6-15-13/h2-7H,1H3,(H,15,16). The molecule has 0 atom stereocenters. The van der Waals surface area contributed by atoms with E-state index in [-0.39, 0.29) is 5.69 Å². The highest BCUT2D eigenvalue weighted by Gasteiger charge is 2.12. The van der Waals surface area contributed by atoms with Crippen LogP contribution in [0.25, 0.3) is 0 Å². The number of aryl methyl sites for hydroxylation is 1. The maximum Gasteiger partial charge on any atom is 0.274 e. The molecule has 0 aliphatic heterocycles. The lowest BCUT2D eigenvalue weighted by Crippen LogP contribution is -1.98. The first-order valence-electron chi connectivity index (χ1n) is 5.49. The Morgan fingerprint density at radius 2 is 2.21 bits per heavy atom. The van der Waals surface area contributed by atoms with Crippen LogP contribution in [0.4, 0.5) is 17.2 Å². The summed E-state index contributed by atoms with van der Waals surface area (Å²) in [4.78, 5) is 14.5. The van der Waals surface area contributed by atoms with Gasteiger partial charge in [0.1, 0.15) is 11.9 Å². The van der Waals surface area contributed by atoms with Crippen LogP contribution in [-0.2, 0) is 0 Å². The molecule has 2 aromatic rings. The normalized spacial score (nSPS) is 9.68. The van der Waals surface area contributed by atoms with Gasteiger partial charge < -0.3 is 5.32 Å². The van der Waals surface area contributed by atoms with E-state index in [0.29, 0.717) is 22.6 Å². The molecular formula is C13H10N4O2. The van der Waals surface area contributed by atoms with Crippen molar-refractivity contribution in [2.24, 2.45) is 0 Å². The van der Waals surface area contributed by atoms with Gasteiger partial charge in [-0.1, -0.05) is 6.07 Å². The number of pyridine rings is 1. The fraction of sp³-hybridized carbons (Fsp3) is 0.0769. The summed E-state index contributed by atoms with van der Waals surface area (Å²) in [5.74, 6) is 0.378. The zero-order valence-corrected chi connectivity index (χ0v) is 10.1. The molecule has 0 spiro atoms. The van der Waals surface area contributed by atoms with Crippen LogP contribution in [0, 0.1) is 28.4 Å².